The van der Waals surface area contributed by atoms with Crippen LogP contribution < -0.4 is 5.32 Å². The minimum absolute atomic E-state index is 0.00202. The summed E-state index contributed by atoms with van der Waals surface area (Å²) < 4.78 is 1.28. The zero-order valence-corrected chi connectivity index (χ0v) is 9.87. The van der Waals surface area contributed by atoms with Crippen LogP contribution in [0.2, 0.25) is 0 Å². The molecule has 1 heterocycles. The Labute approximate surface area is 104 Å². The molecule has 0 fully saturated rings. The molecule has 1 unspecified atom stereocenters. The zero-order chi connectivity index (χ0) is 13.0. The molecule has 0 spiro atoms. The standard InChI is InChI=1S/C12H15N3O3/c16-11(17)8-15-7-10(6-13-15)14-12(18)9-4-2-1-3-5-9/h1-2,6-7,9H,3-5,8H2,(H,14,18)(H,16,17). The molecule has 1 aromatic rings. The molecule has 0 radical (unpaired) electrons. The lowest BCUT2D eigenvalue weighted by molar-refractivity contribution is -0.137. The maximum atomic E-state index is 11.9. The Morgan fingerprint density at radius 3 is 3.00 bits per heavy atom. The molecule has 0 aliphatic heterocycles. The molecule has 1 atom stereocenters. The van der Waals surface area contributed by atoms with Gasteiger partial charge in [0.2, 0.25) is 5.91 Å². The predicted octanol–water partition coefficient (Wildman–Crippen LogP) is 1.26. The van der Waals surface area contributed by atoms with E-state index in [4.69, 9.17) is 5.11 Å². The van der Waals surface area contributed by atoms with Gasteiger partial charge >= 0.3 is 5.97 Å². The molecule has 0 saturated heterocycles. The Bertz CT molecular complexity index is 479. The smallest absolute Gasteiger partial charge is 0.325 e. The van der Waals surface area contributed by atoms with Crippen molar-refractivity contribution < 1.29 is 14.7 Å². The molecule has 1 aliphatic carbocycles. The highest BCUT2D eigenvalue weighted by Gasteiger charge is 2.19. The molecule has 18 heavy (non-hydrogen) atoms. The van der Waals surface area contributed by atoms with Crippen LogP contribution in [-0.4, -0.2) is 26.8 Å². The number of nitrogens with zero attached hydrogens (tertiary/aromatic N) is 2. The van der Waals surface area contributed by atoms with E-state index >= 15 is 0 Å². The van der Waals surface area contributed by atoms with Crippen molar-refractivity contribution in [3.05, 3.63) is 24.5 Å². The summed E-state index contributed by atoms with van der Waals surface area (Å²) in [6.07, 6.45) is 9.61. The zero-order valence-electron chi connectivity index (χ0n) is 9.87. The molecule has 2 rings (SSSR count). The van der Waals surface area contributed by atoms with Crippen LogP contribution in [0.3, 0.4) is 0 Å². The van der Waals surface area contributed by atoms with Crippen molar-refractivity contribution in [1.82, 2.24) is 9.78 Å². The van der Waals surface area contributed by atoms with Gasteiger partial charge in [0, 0.05) is 12.1 Å². The van der Waals surface area contributed by atoms with E-state index in [9.17, 15) is 9.59 Å². The lowest BCUT2D eigenvalue weighted by Gasteiger charge is -2.16. The molecule has 1 aliphatic rings. The van der Waals surface area contributed by atoms with Gasteiger partial charge in [0.1, 0.15) is 6.54 Å². The van der Waals surface area contributed by atoms with Crippen LogP contribution in [0.4, 0.5) is 5.69 Å². The quantitative estimate of drug-likeness (QED) is 0.787. The first-order chi connectivity index (χ1) is 8.65. The molecule has 2 N–H and O–H groups in total. The van der Waals surface area contributed by atoms with Gasteiger partial charge in [-0.3, -0.25) is 14.3 Å². The summed E-state index contributed by atoms with van der Waals surface area (Å²) >= 11 is 0. The molecule has 0 saturated carbocycles. The van der Waals surface area contributed by atoms with Crippen molar-refractivity contribution >= 4 is 17.6 Å². The predicted molar refractivity (Wildman–Crippen MR) is 65.0 cm³/mol. The van der Waals surface area contributed by atoms with Gasteiger partial charge in [-0.25, -0.2) is 0 Å². The summed E-state index contributed by atoms with van der Waals surface area (Å²) in [6, 6.07) is 0. The Morgan fingerprint density at radius 2 is 2.33 bits per heavy atom. The van der Waals surface area contributed by atoms with Gasteiger partial charge in [0.25, 0.3) is 0 Å². The third-order valence-corrected chi connectivity index (χ3v) is 2.84. The number of carboxylic acids is 1. The number of hydrogen-bond donors (Lipinski definition) is 2. The number of rotatable bonds is 4. The average molecular weight is 249 g/mol. The lowest BCUT2D eigenvalue weighted by atomic mass is 9.94. The molecule has 1 amide bonds. The van der Waals surface area contributed by atoms with Crippen molar-refractivity contribution in [2.75, 3.05) is 5.32 Å². The SMILES string of the molecule is O=C(O)Cn1cc(NC(=O)C2CC=CCC2)cn1. The van der Waals surface area contributed by atoms with Gasteiger partial charge < -0.3 is 10.4 Å². The van der Waals surface area contributed by atoms with Gasteiger partial charge in [-0.05, 0) is 19.3 Å². The third kappa shape index (κ3) is 3.19. The first-order valence-corrected chi connectivity index (χ1v) is 5.85. The summed E-state index contributed by atoms with van der Waals surface area (Å²) in [4.78, 5) is 22.4. The van der Waals surface area contributed by atoms with E-state index in [1.165, 1.54) is 17.1 Å². The van der Waals surface area contributed by atoms with Crippen molar-refractivity contribution in [3.8, 4) is 0 Å². The van der Waals surface area contributed by atoms with E-state index in [0.29, 0.717) is 5.69 Å². The number of carbonyl (C=O) groups excluding carboxylic acids is 1. The summed E-state index contributed by atoms with van der Waals surface area (Å²) in [5.74, 6) is -1.000. The maximum absolute atomic E-state index is 11.9. The molecule has 6 nitrogen and oxygen atoms in total. The van der Waals surface area contributed by atoms with Crippen LogP contribution in [0, 0.1) is 5.92 Å². The highest BCUT2D eigenvalue weighted by atomic mass is 16.4. The van der Waals surface area contributed by atoms with E-state index in [-0.39, 0.29) is 18.4 Å². The van der Waals surface area contributed by atoms with Crippen LogP contribution in [0.5, 0.6) is 0 Å². The topological polar surface area (TPSA) is 84.2 Å². The molecule has 0 bridgehead atoms. The van der Waals surface area contributed by atoms with Crippen LogP contribution in [0.1, 0.15) is 19.3 Å². The Morgan fingerprint density at radius 1 is 1.50 bits per heavy atom. The normalized spacial score (nSPS) is 18.6. The second-order valence-electron chi connectivity index (χ2n) is 4.29. The van der Waals surface area contributed by atoms with Gasteiger partial charge in [-0.1, -0.05) is 12.2 Å². The van der Waals surface area contributed by atoms with Gasteiger partial charge in [0.15, 0.2) is 0 Å². The number of hydrogen-bond acceptors (Lipinski definition) is 3. The van der Waals surface area contributed by atoms with Crippen molar-refractivity contribution in [2.24, 2.45) is 5.92 Å². The second kappa shape index (κ2) is 5.48. The molecular formula is C12H15N3O3. The monoisotopic (exact) mass is 249 g/mol. The molecular weight excluding hydrogens is 234 g/mol. The molecule has 96 valence electrons. The van der Waals surface area contributed by atoms with Crippen LogP contribution in [0.25, 0.3) is 0 Å². The number of aromatic nitrogens is 2. The Kier molecular flexibility index (Phi) is 3.76. The van der Waals surface area contributed by atoms with Crippen molar-refractivity contribution in [2.45, 2.75) is 25.8 Å². The van der Waals surface area contributed by atoms with E-state index in [1.54, 1.807) is 0 Å². The van der Waals surface area contributed by atoms with Crippen LogP contribution >= 0.6 is 0 Å². The third-order valence-electron chi connectivity index (χ3n) is 2.84. The van der Waals surface area contributed by atoms with E-state index in [0.717, 1.165) is 19.3 Å². The second-order valence-corrected chi connectivity index (χ2v) is 4.29. The van der Waals surface area contributed by atoms with Crippen molar-refractivity contribution in [1.29, 1.82) is 0 Å². The fourth-order valence-electron chi connectivity index (χ4n) is 1.93. The largest absolute Gasteiger partial charge is 0.480 e. The lowest BCUT2D eigenvalue weighted by Crippen LogP contribution is -2.23. The molecule has 0 aromatic carbocycles. The fraction of sp³-hybridized carbons (Fsp3) is 0.417. The van der Waals surface area contributed by atoms with Crippen LogP contribution in [0.15, 0.2) is 24.5 Å². The number of allylic oxidation sites excluding steroid dienone is 2. The summed E-state index contributed by atoms with van der Waals surface area (Å²) in [6.45, 7) is -0.206. The summed E-state index contributed by atoms with van der Waals surface area (Å²) in [5, 5.41) is 15.2. The number of nitrogens with one attached hydrogen (secondary N) is 1. The van der Waals surface area contributed by atoms with Gasteiger partial charge in [-0.2, -0.15) is 5.10 Å². The summed E-state index contributed by atoms with van der Waals surface area (Å²) in [7, 11) is 0. The number of amides is 1. The minimum atomic E-state index is -0.964. The molecule has 1 aromatic heterocycles. The Balaban J connectivity index is 1.92. The minimum Gasteiger partial charge on any atom is -0.480 e. The van der Waals surface area contributed by atoms with Gasteiger partial charge in [0.05, 0.1) is 11.9 Å². The summed E-state index contributed by atoms with van der Waals surface area (Å²) in [5.41, 5.74) is 0.538. The fourth-order valence-corrected chi connectivity index (χ4v) is 1.93. The van der Waals surface area contributed by atoms with E-state index < -0.39 is 5.97 Å². The first-order valence-electron chi connectivity index (χ1n) is 5.85. The van der Waals surface area contributed by atoms with Crippen LogP contribution in [-0.2, 0) is 16.1 Å². The highest BCUT2D eigenvalue weighted by molar-refractivity contribution is 5.92. The van der Waals surface area contributed by atoms with E-state index in [1.807, 2.05) is 6.08 Å². The number of carboxylic acid groups (broad SMARTS) is 1. The number of carbonyl (C=O) groups is 2. The number of anilines is 1. The van der Waals surface area contributed by atoms with Crippen molar-refractivity contribution in [3.63, 3.8) is 0 Å². The number of aliphatic carboxylic acids is 1. The average Bonchev–Trinajstić information content (AvgIpc) is 2.76. The van der Waals surface area contributed by atoms with Gasteiger partial charge in [-0.15, -0.1) is 0 Å². The maximum Gasteiger partial charge on any atom is 0.325 e. The van der Waals surface area contributed by atoms with E-state index in [2.05, 4.69) is 16.5 Å². The molecule has 6 heteroatoms. The Hall–Kier alpha value is -2.11. The highest BCUT2D eigenvalue weighted by Crippen LogP contribution is 2.20. The first kappa shape index (κ1) is 12.3.